The smallest absolute Gasteiger partial charge is 0.142 e. The van der Waals surface area contributed by atoms with Gasteiger partial charge in [-0.3, -0.25) is 0 Å². The van der Waals surface area contributed by atoms with E-state index < -0.39 is 0 Å². The van der Waals surface area contributed by atoms with Gasteiger partial charge in [-0.15, -0.1) is 0 Å². The molecule has 1 heterocycles. The van der Waals surface area contributed by atoms with Crippen molar-refractivity contribution in [3.8, 4) is 11.5 Å². The van der Waals surface area contributed by atoms with Crippen LogP contribution in [0.1, 0.15) is 29.5 Å². The van der Waals surface area contributed by atoms with Gasteiger partial charge in [-0.1, -0.05) is 60.7 Å². The number of hydrogen-bond acceptors (Lipinski definition) is 3. The molecule has 2 aliphatic rings. The minimum Gasteiger partial charge on any atom is -0.496 e. The minimum atomic E-state index is 0.171. The highest BCUT2D eigenvalue weighted by Crippen LogP contribution is 2.56. The second kappa shape index (κ2) is 7.05. The predicted octanol–water partition coefficient (Wildman–Crippen LogP) is 6.84. The molecule has 1 N–H and O–H groups in total. The van der Waals surface area contributed by atoms with Crippen LogP contribution in [0.4, 0.5) is 5.69 Å². The van der Waals surface area contributed by atoms with Crippen LogP contribution in [-0.2, 0) is 0 Å². The Morgan fingerprint density at radius 2 is 1.42 bits per heavy atom. The van der Waals surface area contributed by atoms with E-state index in [4.69, 9.17) is 9.47 Å². The zero-order valence-corrected chi connectivity index (χ0v) is 17.8. The lowest BCUT2D eigenvalue weighted by Crippen LogP contribution is -2.30. The number of fused-ring (bicyclic) bond motifs is 5. The average molecular weight is 408 g/mol. The van der Waals surface area contributed by atoms with Gasteiger partial charge in [-0.05, 0) is 57.6 Å². The van der Waals surface area contributed by atoms with Crippen LogP contribution < -0.4 is 14.8 Å². The molecule has 0 fully saturated rings. The fraction of sp³-hybridized carbons (Fsp3) is 0.214. The number of allylic oxidation sites excluding steroid dienone is 2. The number of methoxy groups -OCH3 is 2. The molecule has 0 bridgehead atoms. The Balaban J connectivity index is 1.65. The van der Waals surface area contributed by atoms with Gasteiger partial charge >= 0.3 is 0 Å². The van der Waals surface area contributed by atoms with Gasteiger partial charge in [-0.25, -0.2) is 0 Å². The predicted molar refractivity (Wildman–Crippen MR) is 127 cm³/mol. The van der Waals surface area contributed by atoms with E-state index in [0.29, 0.717) is 11.8 Å². The average Bonchev–Trinajstić information content (AvgIpc) is 3.31. The van der Waals surface area contributed by atoms with Crippen molar-refractivity contribution in [3.63, 3.8) is 0 Å². The van der Waals surface area contributed by atoms with Gasteiger partial charge in [0.25, 0.3) is 0 Å². The SMILES string of the molecule is COc1ccc(OC)c2c1NC(c1c3ccccc3cc3ccccc13)C1CC=CC21. The molecule has 0 spiro atoms. The summed E-state index contributed by atoms with van der Waals surface area (Å²) in [7, 11) is 3.49. The number of ether oxygens (including phenoxy) is 2. The highest BCUT2D eigenvalue weighted by molar-refractivity contribution is 6.03. The minimum absolute atomic E-state index is 0.171. The molecule has 0 radical (unpaired) electrons. The highest BCUT2D eigenvalue weighted by atomic mass is 16.5. The van der Waals surface area contributed by atoms with Crippen LogP contribution in [0.3, 0.4) is 0 Å². The quantitative estimate of drug-likeness (QED) is 0.298. The number of rotatable bonds is 3. The third-order valence-electron chi connectivity index (χ3n) is 7.01. The molecule has 0 amide bonds. The third-order valence-corrected chi connectivity index (χ3v) is 7.01. The Morgan fingerprint density at radius 1 is 0.774 bits per heavy atom. The summed E-state index contributed by atoms with van der Waals surface area (Å²) in [6.07, 6.45) is 5.72. The maximum atomic E-state index is 5.78. The van der Waals surface area contributed by atoms with Crippen LogP contribution in [0.5, 0.6) is 11.5 Å². The molecule has 3 nitrogen and oxygen atoms in total. The van der Waals surface area contributed by atoms with Crippen molar-refractivity contribution in [1.82, 2.24) is 0 Å². The van der Waals surface area contributed by atoms with E-state index in [1.807, 2.05) is 12.1 Å². The lowest BCUT2D eigenvalue weighted by Gasteiger charge is -2.39. The zero-order chi connectivity index (χ0) is 20.9. The first kappa shape index (κ1) is 18.3. The van der Waals surface area contributed by atoms with Crippen molar-refractivity contribution in [3.05, 3.63) is 90.0 Å². The van der Waals surface area contributed by atoms with Gasteiger partial charge in [-0.2, -0.15) is 0 Å². The van der Waals surface area contributed by atoms with Gasteiger partial charge in [0.05, 0.1) is 25.9 Å². The molecule has 154 valence electrons. The van der Waals surface area contributed by atoms with Crippen LogP contribution in [0, 0.1) is 5.92 Å². The van der Waals surface area contributed by atoms with Crippen molar-refractivity contribution in [2.75, 3.05) is 19.5 Å². The van der Waals surface area contributed by atoms with E-state index in [1.165, 1.54) is 32.7 Å². The van der Waals surface area contributed by atoms with Gasteiger partial charge in [0.15, 0.2) is 0 Å². The number of nitrogens with one attached hydrogen (secondary N) is 1. The molecule has 0 saturated carbocycles. The fourth-order valence-electron chi connectivity index (χ4n) is 5.67. The molecule has 0 aromatic heterocycles. The van der Waals surface area contributed by atoms with Crippen LogP contribution >= 0.6 is 0 Å². The van der Waals surface area contributed by atoms with Crippen molar-refractivity contribution >= 4 is 27.2 Å². The summed E-state index contributed by atoms with van der Waals surface area (Å²) in [6.45, 7) is 0. The first-order chi connectivity index (χ1) is 15.3. The van der Waals surface area contributed by atoms with E-state index >= 15 is 0 Å². The largest absolute Gasteiger partial charge is 0.496 e. The summed E-state index contributed by atoms with van der Waals surface area (Å²) in [5, 5.41) is 9.11. The maximum Gasteiger partial charge on any atom is 0.142 e. The summed E-state index contributed by atoms with van der Waals surface area (Å²) >= 11 is 0. The molecule has 4 aromatic carbocycles. The highest BCUT2D eigenvalue weighted by Gasteiger charge is 2.41. The lowest BCUT2D eigenvalue weighted by atomic mass is 9.74. The molecule has 4 aromatic rings. The summed E-state index contributed by atoms with van der Waals surface area (Å²) in [4.78, 5) is 0. The molecule has 31 heavy (non-hydrogen) atoms. The first-order valence-electron chi connectivity index (χ1n) is 10.9. The molecule has 3 atom stereocenters. The monoisotopic (exact) mass is 407 g/mol. The molecular formula is C28H25NO2. The van der Waals surface area contributed by atoms with Crippen molar-refractivity contribution in [1.29, 1.82) is 0 Å². The van der Waals surface area contributed by atoms with Crippen molar-refractivity contribution < 1.29 is 9.47 Å². The number of benzene rings is 4. The number of hydrogen-bond donors (Lipinski definition) is 1. The Bertz CT molecular complexity index is 1290. The summed E-state index contributed by atoms with van der Waals surface area (Å²) in [5.41, 5.74) is 3.64. The summed E-state index contributed by atoms with van der Waals surface area (Å²) in [6, 6.07) is 24.0. The first-order valence-corrected chi connectivity index (χ1v) is 10.9. The molecule has 6 rings (SSSR count). The van der Waals surface area contributed by atoms with E-state index in [1.54, 1.807) is 14.2 Å². The Labute approximate surface area is 182 Å². The topological polar surface area (TPSA) is 30.5 Å². The Kier molecular flexibility index (Phi) is 4.17. The van der Waals surface area contributed by atoms with Crippen LogP contribution in [0.25, 0.3) is 21.5 Å². The number of anilines is 1. The Hall–Kier alpha value is -3.46. The van der Waals surface area contributed by atoms with E-state index in [-0.39, 0.29) is 6.04 Å². The molecular weight excluding hydrogens is 382 g/mol. The summed E-state index contributed by atoms with van der Waals surface area (Å²) < 4.78 is 11.5. The van der Waals surface area contributed by atoms with Gasteiger partial charge in [0.2, 0.25) is 0 Å². The van der Waals surface area contributed by atoms with Crippen LogP contribution in [-0.4, -0.2) is 14.2 Å². The standard InChI is InChI=1S/C28H25NO2/c1-30-23-14-15-24(31-2)28-26(23)21-12-7-13-22(21)27(29-28)25-19-10-5-3-8-17(19)16-18-9-4-6-11-20(18)25/h3-12,14-16,21-22,27,29H,13H2,1-2H3. The second-order valence-corrected chi connectivity index (χ2v) is 8.47. The van der Waals surface area contributed by atoms with E-state index in [0.717, 1.165) is 23.6 Å². The third kappa shape index (κ3) is 2.66. The van der Waals surface area contributed by atoms with Crippen LogP contribution in [0.2, 0.25) is 0 Å². The fourth-order valence-corrected chi connectivity index (χ4v) is 5.67. The van der Waals surface area contributed by atoms with Gasteiger partial charge < -0.3 is 14.8 Å². The second-order valence-electron chi connectivity index (χ2n) is 8.47. The lowest BCUT2D eigenvalue weighted by molar-refractivity contribution is 0.372. The normalized spacial score (nSPS) is 21.5. The summed E-state index contributed by atoms with van der Waals surface area (Å²) in [5.74, 6) is 2.50. The van der Waals surface area contributed by atoms with Crippen LogP contribution in [0.15, 0.2) is 78.9 Å². The Morgan fingerprint density at radius 3 is 2.10 bits per heavy atom. The maximum absolute atomic E-state index is 5.78. The van der Waals surface area contributed by atoms with Crippen molar-refractivity contribution in [2.24, 2.45) is 5.92 Å². The van der Waals surface area contributed by atoms with E-state index in [9.17, 15) is 0 Å². The molecule has 3 unspecified atom stereocenters. The van der Waals surface area contributed by atoms with Gasteiger partial charge in [0, 0.05) is 11.5 Å². The molecule has 0 saturated heterocycles. The van der Waals surface area contributed by atoms with E-state index in [2.05, 4.69) is 72.1 Å². The van der Waals surface area contributed by atoms with Crippen molar-refractivity contribution in [2.45, 2.75) is 18.4 Å². The molecule has 3 heteroatoms. The van der Waals surface area contributed by atoms with Gasteiger partial charge in [0.1, 0.15) is 11.5 Å². The zero-order valence-electron chi connectivity index (χ0n) is 17.8. The molecule has 1 aliphatic carbocycles. The molecule has 1 aliphatic heterocycles.